The van der Waals surface area contributed by atoms with Crippen molar-refractivity contribution in [3.63, 3.8) is 0 Å². The van der Waals surface area contributed by atoms with E-state index in [1.807, 2.05) is 60.7 Å². The highest BCUT2D eigenvalue weighted by atomic mass is 32.1. The molecule has 0 spiro atoms. The summed E-state index contributed by atoms with van der Waals surface area (Å²) >= 11 is 1.73. The second-order valence-corrected chi connectivity index (χ2v) is 9.09. The van der Waals surface area contributed by atoms with Gasteiger partial charge in [-0.05, 0) is 43.4 Å². The molecule has 0 saturated carbocycles. The van der Waals surface area contributed by atoms with Gasteiger partial charge < -0.3 is 5.32 Å². The van der Waals surface area contributed by atoms with E-state index in [1.54, 1.807) is 17.7 Å². The van der Waals surface area contributed by atoms with E-state index in [1.165, 1.54) is 16.9 Å². The summed E-state index contributed by atoms with van der Waals surface area (Å²) in [6.45, 7) is 0. The first-order chi connectivity index (χ1) is 15.8. The van der Waals surface area contributed by atoms with Crippen LogP contribution in [0.25, 0.3) is 32.4 Å². The molecule has 1 aliphatic carbocycles. The van der Waals surface area contributed by atoms with E-state index in [9.17, 15) is 4.79 Å². The predicted molar refractivity (Wildman–Crippen MR) is 129 cm³/mol. The Morgan fingerprint density at radius 2 is 1.75 bits per heavy atom. The fraction of sp³-hybridized carbons (Fsp3) is 0.154. The molecule has 1 aliphatic rings. The number of aromatic nitrogens is 3. The van der Waals surface area contributed by atoms with E-state index < -0.39 is 0 Å². The number of fused-ring (bicyclic) bond motifs is 4. The molecule has 2 aromatic carbocycles. The topological polar surface area (TPSA) is 67.8 Å². The van der Waals surface area contributed by atoms with E-state index in [-0.39, 0.29) is 5.91 Å². The van der Waals surface area contributed by atoms with E-state index in [0.29, 0.717) is 11.4 Å². The summed E-state index contributed by atoms with van der Waals surface area (Å²) in [6.07, 6.45) is 6.01. The molecule has 3 aromatic heterocycles. The first-order valence-corrected chi connectivity index (χ1v) is 11.6. The number of hydrogen-bond acceptors (Lipinski definition) is 5. The minimum atomic E-state index is -0.184. The number of para-hydroxylation sites is 1. The lowest BCUT2D eigenvalue weighted by atomic mass is 9.97. The van der Waals surface area contributed by atoms with Gasteiger partial charge in [0.25, 0.3) is 5.91 Å². The summed E-state index contributed by atoms with van der Waals surface area (Å²) in [6, 6.07) is 19.6. The van der Waals surface area contributed by atoms with Gasteiger partial charge in [0.2, 0.25) is 0 Å². The number of nitrogens with zero attached hydrogens (tertiary/aromatic N) is 3. The number of amides is 1. The van der Waals surface area contributed by atoms with Gasteiger partial charge in [-0.2, -0.15) is 0 Å². The van der Waals surface area contributed by atoms with Gasteiger partial charge in [-0.15, -0.1) is 11.3 Å². The number of benzene rings is 2. The summed E-state index contributed by atoms with van der Waals surface area (Å²) in [7, 11) is 0. The second kappa shape index (κ2) is 7.80. The van der Waals surface area contributed by atoms with E-state index >= 15 is 0 Å². The van der Waals surface area contributed by atoms with Crippen molar-refractivity contribution in [3.8, 4) is 11.3 Å². The van der Waals surface area contributed by atoms with Crippen LogP contribution in [0.5, 0.6) is 0 Å². The maximum Gasteiger partial charge on any atom is 0.257 e. The van der Waals surface area contributed by atoms with Crippen LogP contribution in [-0.2, 0) is 12.8 Å². The Balaban J connectivity index is 1.46. The molecule has 0 atom stereocenters. The highest BCUT2D eigenvalue weighted by Gasteiger charge is 2.22. The minimum Gasteiger partial charge on any atom is -0.306 e. The van der Waals surface area contributed by atoms with Crippen LogP contribution in [0.4, 0.5) is 5.82 Å². The van der Waals surface area contributed by atoms with Gasteiger partial charge in [0, 0.05) is 15.8 Å². The Morgan fingerprint density at radius 3 is 2.66 bits per heavy atom. The van der Waals surface area contributed by atoms with Gasteiger partial charge in [-0.1, -0.05) is 48.5 Å². The van der Waals surface area contributed by atoms with E-state index in [2.05, 4.69) is 15.3 Å². The third-order valence-corrected chi connectivity index (χ3v) is 7.21. The normalized spacial score (nSPS) is 13.2. The molecule has 5 aromatic rings. The van der Waals surface area contributed by atoms with Crippen LogP contribution >= 0.6 is 11.3 Å². The van der Waals surface area contributed by atoms with Crippen molar-refractivity contribution in [1.82, 2.24) is 15.0 Å². The molecular formula is C26H20N4OS. The molecule has 32 heavy (non-hydrogen) atoms. The van der Waals surface area contributed by atoms with Crippen LogP contribution in [0.3, 0.4) is 0 Å². The molecule has 1 amide bonds. The number of nitrogens with one attached hydrogen (secondary N) is 1. The number of thiophene rings is 1. The first kappa shape index (κ1) is 19.1. The van der Waals surface area contributed by atoms with Gasteiger partial charge in [0.15, 0.2) is 0 Å². The van der Waals surface area contributed by atoms with Crippen molar-refractivity contribution >= 4 is 44.2 Å². The number of carbonyl (C=O) groups is 1. The molecule has 156 valence electrons. The molecule has 0 aliphatic heterocycles. The van der Waals surface area contributed by atoms with Crippen LogP contribution in [0.1, 0.15) is 33.6 Å². The highest BCUT2D eigenvalue weighted by Crippen LogP contribution is 2.38. The van der Waals surface area contributed by atoms with Crippen molar-refractivity contribution in [2.24, 2.45) is 0 Å². The number of hydrogen-bond donors (Lipinski definition) is 1. The molecule has 0 saturated heterocycles. The highest BCUT2D eigenvalue weighted by molar-refractivity contribution is 7.19. The average Bonchev–Trinajstić information content (AvgIpc) is 3.23. The number of carbonyl (C=O) groups excluding carboxylic acids is 1. The van der Waals surface area contributed by atoms with Gasteiger partial charge >= 0.3 is 0 Å². The summed E-state index contributed by atoms with van der Waals surface area (Å²) in [5, 5.41) is 4.92. The Hall–Kier alpha value is -3.64. The summed E-state index contributed by atoms with van der Waals surface area (Å²) in [5.74, 6) is 0.415. The third-order valence-electron chi connectivity index (χ3n) is 6.01. The van der Waals surface area contributed by atoms with E-state index in [0.717, 1.165) is 51.6 Å². The largest absolute Gasteiger partial charge is 0.306 e. The molecule has 6 rings (SSSR count). The van der Waals surface area contributed by atoms with Crippen LogP contribution in [-0.4, -0.2) is 20.9 Å². The summed E-state index contributed by atoms with van der Waals surface area (Å²) in [5.41, 5.74) is 4.43. The van der Waals surface area contributed by atoms with Crippen molar-refractivity contribution in [2.75, 3.05) is 5.32 Å². The van der Waals surface area contributed by atoms with Gasteiger partial charge in [-0.25, -0.2) is 15.0 Å². The van der Waals surface area contributed by atoms with Crippen LogP contribution in [0, 0.1) is 0 Å². The fourth-order valence-corrected chi connectivity index (χ4v) is 5.71. The standard InChI is InChI=1S/C26H20N4OS/c31-25(30-24-23-18-11-5-7-13-22(18)32-26(23)28-15-27-24)19-14-21(16-8-2-1-3-9-16)29-20-12-6-4-10-17(19)20/h1-4,6,8-10,12,14-15H,5,7,11,13H2,(H,27,28,30,31). The van der Waals surface area contributed by atoms with Crippen molar-refractivity contribution in [1.29, 1.82) is 0 Å². The monoisotopic (exact) mass is 436 g/mol. The zero-order valence-electron chi connectivity index (χ0n) is 17.3. The van der Waals surface area contributed by atoms with Gasteiger partial charge in [0.05, 0.1) is 22.2 Å². The number of rotatable bonds is 3. The zero-order chi connectivity index (χ0) is 21.5. The average molecular weight is 437 g/mol. The fourth-order valence-electron chi connectivity index (χ4n) is 4.48. The lowest BCUT2D eigenvalue weighted by molar-refractivity contribution is 0.102. The summed E-state index contributed by atoms with van der Waals surface area (Å²) in [4.78, 5) is 29.6. The van der Waals surface area contributed by atoms with Crippen molar-refractivity contribution in [2.45, 2.75) is 25.7 Å². The molecule has 5 nitrogen and oxygen atoms in total. The molecule has 0 fully saturated rings. The van der Waals surface area contributed by atoms with Crippen molar-refractivity contribution in [3.05, 3.63) is 83.0 Å². The third kappa shape index (κ3) is 3.24. The quantitative estimate of drug-likeness (QED) is 0.374. The second-order valence-electron chi connectivity index (χ2n) is 8.01. The Morgan fingerprint density at radius 1 is 0.938 bits per heavy atom. The lowest BCUT2D eigenvalue weighted by Crippen LogP contribution is -2.15. The summed E-state index contributed by atoms with van der Waals surface area (Å²) < 4.78 is 0. The molecule has 0 bridgehead atoms. The van der Waals surface area contributed by atoms with E-state index in [4.69, 9.17) is 4.98 Å². The van der Waals surface area contributed by atoms with Crippen LogP contribution in [0.15, 0.2) is 67.0 Å². The molecule has 1 N–H and O–H groups in total. The number of aryl methyl sites for hydroxylation is 2. The SMILES string of the molecule is O=C(Nc1ncnc2sc3c(c12)CCCC3)c1cc(-c2ccccc2)nc2ccccc12. The van der Waals surface area contributed by atoms with Gasteiger partial charge in [-0.3, -0.25) is 4.79 Å². The molecular weight excluding hydrogens is 416 g/mol. The maximum absolute atomic E-state index is 13.5. The molecule has 6 heteroatoms. The molecule has 0 unspecified atom stereocenters. The number of anilines is 1. The molecule has 3 heterocycles. The van der Waals surface area contributed by atoms with Crippen LogP contribution in [0.2, 0.25) is 0 Å². The van der Waals surface area contributed by atoms with Crippen molar-refractivity contribution < 1.29 is 4.79 Å². The zero-order valence-corrected chi connectivity index (χ0v) is 18.2. The Kier molecular flexibility index (Phi) is 4.65. The van der Waals surface area contributed by atoms with Crippen LogP contribution < -0.4 is 5.32 Å². The maximum atomic E-state index is 13.5. The first-order valence-electron chi connectivity index (χ1n) is 10.8. The smallest absolute Gasteiger partial charge is 0.257 e. The number of pyridine rings is 1. The Labute approximate surface area is 189 Å². The predicted octanol–water partition coefficient (Wildman–Crippen LogP) is 6.04. The minimum absolute atomic E-state index is 0.184. The van der Waals surface area contributed by atoms with Gasteiger partial charge in [0.1, 0.15) is 17.0 Å². The Bertz CT molecular complexity index is 1480. The lowest BCUT2D eigenvalue weighted by Gasteiger charge is -2.13. The molecule has 0 radical (unpaired) electrons.